The minimum Gasteiger partial charge on any atom is -0.454 e. The van der Waals surface area contributed by atoms with Gasteiger partial charge in [0.25, 0.3) is 5.91 Å². The Bertz CT molecular complexity index is 1130. The van der Waals surface area contributed by atoms with Crippen molar-refractivity contribution in [3.05, 3.63) is 71.1 Å². The second-order valence-corrected chi connectivity index (χ2v) is 7.80. The maximum atomic E-state index is 13.1. The molecule has 2 aliphatic rings. The predicted octanol–water partition coefficient (Wildman–Crippen LogP) is 4.97. The van der Waals surface area contributed by atoms with Crippen molar-refractivity contribution in [3.8, 4) is 11.5 Å². The van der Waals surface area contributed by atoms with Crippen molar-refractivity contribution in [2.45, 2.75) is 0 Å². The van der Waals surface area contributed by atoms with Crippen molar-refractivity contribution in [1.82, 2.24) is 0 Å². The van der Waals surface area contributed by atoms with Gasteiger partial charge in [0.05, 0.1) is 10.6 Å². The van der Waals surface area contributed by atoms with Gasteiger partial charge >= 0.3 is 0 Å². The van der Waals surface area contributed by atoms with Crippen LogP contribution in [-0.2, 0) is 4.79 Å². The average molecular weight is 391 g/mol. The van der Waals surface area contributed by atoms with Crippen LogP contribution in [0.15, 0.2) is 65.6 Å². The third-order valence-electron chi connectivity index (χ3n) is 4.50. The van der Waals surface area contributed by atoms with Gasteiger partial charge in [-0.1, -0.05) is 66.4 Å². The Morgan fingerprint density at radius 2 is 1.81 bits per heavy atom. The standard InChI is InChI=1S/C21H13NO3S2/c23-20-19(11-13-8-9-17-18(10-13)25-12-24-17)27-21(26)22(20)16-7-3-5-14-4-1-2-6-15(14)16/h1-11H,12H2/b19-11+. The number of fused-ring (bicyclic) bond motifs is 2. The van der Waals surface area contributed by atoms with Crippen LogP contribution in [0.4, 0.5) is 5.69 Å². The molecule has 3 aromatic carbocycles. The Morgan fingerprint density at radius 1 is 1.00 bits per heavy atom. The first kappa shape index (κ1) is 16.4. The van der Waals surface area contributed by atoms with E-state index in [-0.39, 0.29) is 12.7 Å². The molecule has 6 heteroatoms. The van der Waals surface area contributed by atoms with E-state index in [0.29, 0.717) is 15.0 Å². The van der Waals surface area contributed by atoms with Gasteiger partial charge in [-0.15, -0.1) is 0 Å². The van der Waals surface area contributed by atoms with Crippen molar-refractivity contribution >= 4 is 56.7 Å². The molecule has 0 saturated carbocycles. The van der Waals surface area contributed by atoms with Crippen molar-refractivity contribution in [2.75, 3.05) is 11.7 Å². The molecule has 1 saturated heterocycles. The minimum absolute atomic E-state index is 0.112. The summed E-state index contributed by atoms with van der Waals surface area (Å²) in [5.74, 6) is 1.29. The number of benzene rings is 3. The molecular weight excluding hydrogens is 378 g/mol. The van der Waals surface area contributed by atoms with Gasteiger partial charge in [-0.25, -0.2) is 0 Å². The van der Waals surface area contributed by atoms with Crippen molar-refractivity contribution in [1.29, 1.82) is 0 Å². The molecule has 0 N–H and O–H groups in total. The van der Waals surface area contributed by atoms with Crippen molar-refractivity contribution < 1.29 is 14.3 Å². The molecule has 2 heterocycles. The molecule has 2 aliphatic heterocycles. The Labute approximate surface area is 165 Å². The van der Waals surface area contributed by atoms with Crippen LogP contribution in [0.1, 0.15) is 5.56 Å². The second kappa shape index (κ2) is 6.40. The summed E-state index contributed by atoms with van der Waals surface area (Å²) < 4.78 is 11.3. The lowest BCUT2D eigenvalue weighted by atomic mass is 10.1. The quantitative estimate of drug-likeness (QED) is 0.455. The average Bonchev–Trinajstić information content (AvgIpc) is 3.25. The van der Waals surface area contributed by atoms with Crippen LogP contribution in [0.25, 0.3) is 16.8 Å². The van der Waals surface area contributed by atoms with Crippen LogP contribution in [0.2, 0.25) is 0 Å². The predicted molar refractivity (Wildman–Crippen MR) is 112 cm³/mol. The topological polar surface area (TPSA) is 38.8 Å². The Balaban J connectivity index is 1.53. The van der Waals surface area contributed by atoms with Gasteiger partial charge in [0.1, 0.15) is 0 Å². The molecule has 0 spiro atoms. The molecule has 1 amide bonds. The summed E-state index contributed by atoms with van der Waals surface area (Å²) in [5, 5.41) is 2.07. The van der Waals surface area contributed by atoms with Crippen LogP contribution in [0, 0.1) is 0 Å². The van der Waals surface area contributed by atoms with Crippen LogP contribution in [-0.4, -0.2) is 17.0 Å². The highest BCUT2D eigenvalue weighted by Gasteiger charge is 2.34. The molecule has 0 bridgehead atoms. The van der Waals surface area contributed by atoms with E-state index >= 15 is 0 Å². The molecule has 5 rings (SSSR count). The fourth-order valence-corrected chi connectivity index (χ4v) is 4.52. The van der Waals surface area contributed by atoms with E-state index in [1.807, 2.05) is 66.7 Å². The van der Waals surface area contributed by atoms with E-state index < -0.39 is 0 Å². The summed E-state index contributed by atoms with van der Waals surface area (Å²) in [5.41, 5.74) is 1.68. The van der Waals surface area contributed by atoms with Crippen LogP contribution < -0.4 is 14.4 Å². The lowest BCUT2D eigenvalue weighted by molar-refractivity contribution is -0.113. The van der Waals surface area contributed by atoms with Crippen LogP contribution >= 0.6 is 24.0 Å². The van der Waals surface area contributed by atoms with Gasteiger partial charge in [-0.05, 0) is 35.2 Å². The molecule has 3 aromatic rings. The number of ether oxygens (including phenoxy) is 2. The maximum absolute atomic E-state index is 13.1. The summed E-state index contributed by atoms with van der Waals surface area (Å²) in [7, 11) is 0. The maximum Gasteiger partial charge on any atom is 0.270 e. The fraction of sp³-hybridized carbons (Fsp3) is 0.0476. The zero-order valence-corrected chi connectivity index (χ0v) is 15.7. The highest BCUT2D eigenvalue weighted by molar-refractivity contribution is 8.27. The van der Waals surface area contributed by atoms with E-state index in [0.717, 1.165) is 27.8 Å². The summed E-state index contributed by atoms with van der Waals surface area (Å²) in [6.45, 7) is 0.224. The first-order chi connectivity index (χ1) is 13.2. The minimum atomic E-state index is -0.112. The lowest BCUT2D eigenvalue weighted by Gasteiger charge is -2.17. The van der Waals surface area contributed by atoms with E-state index in [2.05, 4.69) is 0 Å². The third-order valence-corrected chi connectivity index (χ3v) is 5.80. The van der Waals surface area contributed by atoms with E-state index in [1.165, 1.54) is 11.8 Å². The number of hydrogen-bond donors (Lipinski definition) is 0. The number of rotatable bonds is 2. The summed E-state index contributed by atoms with van der Waals surface area (Å²) in [6.07, 6.45) is 1.84. The zero-order valence-electron chi connectivity index (χ0n) is 14.0. The molecular formula is C21H13NO3S2. The molecule has 27 heavy (non-hydrogen) atoms. The fourth-order valence-electron chi connectivity index (χ4n) is 3.23. The normalized spacial score (nSPS) is 17.3. The van der Waals surface area contributed by atoms with Crippen LogP contribution in [0.5, 0.6) is 11.5 Å². The van der Waals surface area contributed by atoms with Gasteiger partial charge in [0, 0.05) is 5.39 Å². The van der Waals surface area contributed by atoms with Gasteiger partial charge in [-0.2, -0.15) is 0 Å². The Kier molecular flexibility index (Phi) is 3.88. The van der Waals surface area contributed by atoms with Gasteiger partial charge in [0.2, 0.25) is 6.79 Å². The summed E-state index contributed by atoms with van der Waals surface area (Å²) in [6, 6.07) is 19.5. The van der Waals surface area contributed by atoms with E-state index in [4.69, 9.17) is 21.7 Å². The molecule has 132 valence electrons. The first-order valence-corrected chi connectivity index (χ1v) is 9.58. The number of thioether (sulfide) groups is 1. The summed E-state index contributed by atoms with van der Waals surface area (Å²) in [4.78, 5) is 15.3. The third kappa shape index (κ3) is 2.78. The van der Waals surface area contributed by atoms with Crippen molar-refractivity contribution in [2.24, 2.45) is 0 Å². The molecule has 0 aromatic heterocycles. The number of hydrogen-bond acceptors (Lipinski definition) is 5. The van der Waals surface area contributed by atoms with Gasteiger partial charge < -0.3 is 9.47 Å². The second-order valence-electron chi connectivity index (χ2n) is 6.13. The van der Waals surface area contributed by atoms with Crippen LogP contribution in [0.3, 0.4) is 0 Å². The molecule has 0 radical (unpaired) electrons. The number of nitrogens with zero attached hydrogens (tertiary/aromatic N) is 1. The lowest BCUT2D eigenvalue weighted by Crippen LogP contribution is -2.27. The molecule has 1 fully saturated rings. The monoisotopic (exact) mass is 391 g/mol. The molecule has 4 nitrogen and oxygen atoms in total. The number of amides is 1. The number of carbonyl (C=O) groups excluding carboxylic acids is 1. The van der Waals surface area contributed by atoms with E-state index in [9.17, 15) is 4.79 Å². The number of thiocarbonyl (C=S) groups is 1. The highest BCUT2D eigenvalue weighted by atomic mass is 32.2. The van der Waals surface area contributed by atoms with Gasteiger partial charge in [-0.3, -0.25) is 9.69 Å². The Morgan fingerprint density at radius 3 is 2.74 bits per heavy atom. The SMILES string of the molecule is O=C1/C(=C\c2ccc3c(c2)OCO3)SC(=S)N1c1cccc2ccccc12. The largest absolute Gasteiger partial charge is 0.454 e. The summed E-state index contributed by atoms with van der Waals surface area (Å²) >= 11 is 6.83. The molecule has 0 atom stereocenters. The Hall–Kier alpha value is -2.83. The smallest absolute Gasteiger partial charge is 0.270 e. The number of anilines is 1. The zero-order chi connectivity index (χ0) is 18.4. The van der Waals surface area contributed by atoms with E-state index in [1.54, 1.807) is 4.90 Å². The molecule has 0 unspecified atom stereocenters. The van der Waals surface area contributed by atoms with Crippen molar-refractivity contribution in [3.63, 3.8) is 0 Å². The molecule has 0 aliphatic carbocycles. The van der Waals surface area contributed by atoms with Gasteiger partial charge in [0.15, 0.2) is 15.8 Å². The number of carbonyl (C=O) groups is 1. The highest BCUT2D eigenvalue weighted by Crippen LogP contribution is 2.40. The first-order valence-electron chi connectivity index (χ1n) is 8.36.